The van der Waals surface area contributed by atoms with Gasteiger partial charge in [0.15, 0.2) is 0 Å². The molecule has 0 saturated carbocycles. The average Bonchev–Trinajstić information content (AvgIpc) is 3.59. The zero-order valence-corrected chi connectivity index (χ0v) is 17.4. The van der Waals surface area contributed by atoms with E-state index in [1.54, 1.807) is 0 Å². The van der Waals surface area contributed by atoms with Crippen LogP contribution in [0.5, 0.6) is 0 Å². The Morgan fingerprint density at radius 3 is 1.41 bits per heavy atom. The third kappa shape index (κ3) is 4.69. The van der Waals surface area contributed by atoms with Crippen molar-refractivity contribution in [1.82, 2.24) is 0 Å². The Bertz CT molecular complexity index is 788. The summed E-state index contributed by atoms with van der Waals surface area (Å²) in [6, 6.07) is 17.0. The Kier molecular flexibility index (Phi) is 5.48. The molecule has 0 aromatic heterocycles. The summed E-state index contributed by atoms with van der Waals surface area (Å²) in [6.45, 7) is 13.5. The van der Waals surface area contributed by atoms with E-state index in [-0.39, 0.29) is 12.2 Å². The first-order valence-corrected chi connectivity index (χ1v) is 10.3. The van der Waals surface area contributed by atoms with E-state index in [2.05, 4.69) is 75.5 Å². The van der Waals surface area contributed by atoms with E-state index in [1.807, 2.05) is 12.2 Å². The molecule has 0 amide bonds. The molecule has 0 aliphatic carbocycles. The van der Waals surface area contributed by atoms with Gasteiger partial charge in [0.2, 0.25) is 0 Å². The SMILES string of the molecule is C=Cc1ccc(CC(C)(OC(C)(Cc2ccc(C=C)cc2)C2CO2)C2CO2)cc1. The summed E-state index contributed by atoms with van der Waals surface area (Å²) < 4.78 is 18.4. The van der Waals surface area contributed by atoms with Crippen LogP contribution in [0.15, 0.2) is 61.7 Å². The lowest BCUT2D eigenvalue weighted by Gasteiger charge is -2.39. The average molecular weight is 391 g/mol. The second-order valence-corrected chi connectivity index (χ2v) is 8.62. The Hall–Kier alpha value is -2.20. The van der Waals surface area contributed by atoms with Crippen molar-refractivity contribution >= 4 is 12.2 Å². The minimum absolute atomic E-state index is 0.114. The highest BCUT2D eigenvalue weighted by molar-refractivity contribution is 5.48. The van der Waals surface area contributed by atoms with Crippen molar-refractivity contribution in [3.8, 4) is 0 Å². The van der Waals surface area contributed by atoms with Crippen molar-refractivity contribution in [2.45, 2.75) is 50.1 Å². The van der Waals surface area contributed by atoms with Gasteiger partial charge in [-0.2, -0.15) is 0 Å². The summed E-state index contributed by atoms with van der Waals surface area (Å²) in [5, 5.41) is 0. The van der Waals surface area contributed by atoms with Crippen LogP contribution in [-0.2, 0) is 27.1 Å². The van der Waals surface area contributed by atoms with Crippen LogP contribution >= 0.6 is 0 Å². The van der Waals surface area contributed by atoms with Gasteiger partial charge >= 0.3 is 0 Å². The molecule has 4 unspecified atom stereocenters. The molecule has 3 heteroatoms. The molecular formula is C26H30O3. The highest BCUT2D eigenvalue weighted by Crippen LogP contribution is 2.41. The topological polar surface area (TPSA) is 34.3 Å². The highest BCUT2D eigenvalue weighted by Gasteiger charge is 2.53. The van der Waals surface area contributed by atoms with E-state index in [9.17, 15) is 0 Å². The molecule has 0 bridgehead atoms. The Labute approximate surface area is 174 Å². The van der Waals surface area contributed by atoms with Crippen LogP contribution in [0, 0.1) is 0 Å². The number of benzene rings is 2. The minimum atomic E-state index is -0.405. The van der Waals surface area contributed by atoms with E-state index >= 15 is 0 Å². The molecule has 2 heterocycles. The van der Waals surface area contributed by atoms with Crippen LogP contribution in [0.2, 0.25) is 0 Å². The molecule has 2 aliphatic rings. The van der Waals surface area contributed by atoms with Crippen molar-refractivity contribution in [2.24, 2.45) is 0 Å². The van der Waals surface area contributed by atoms with Crippen LogP contribution in [0.25, 0.3) is 12.2 Å². The molecule has 4 rings (SSSR count). The molecule has 0 N–H and O–H groups in total. The molecule has 29 heavy (non-hydrogen) atoms. The molecule has 2 saturated heterocycles. The molecular weight excluding hydrogens is 360 g/mol. The van der Waals surface area contributed by atoms with Crippen LogP contribution < -0.4 is 0 Å². The van der Waals surface area contributed by atoms with Crippen LogP contribution in [0.4, 0.5) is 0 Å². The van der Waals surface area contributed by atoms with Crippen LogP contribution in [0.1, 0.15) is 36.1 Å². The lowest BCUT2D eigenvalue weighted by atomic mass is 9.88. The van der Waals surface area contributed by atoms with E-state index in [0.717, 1.165) is 37.2 Å². The maximum atomic E-state index is 6.90. The predicted molar refractivity (Wildman–Crippen MR) is 118 cm³/mol. The fourth-order valence-electron chi connectivity index (χ4n) is 4.12. The summed E-state index contributed by atoms with van der Waals surface area (Å²) >= 11 is 0. The van der Waals surface area contributed by atoms with Crippen molar-refractivity contribution in [2.75, 3.05) is 13.2 Å². The van der Waals surface area contributed by atoms with Crippen molar-refractivity contribution in [3.05, 3.63) is 83.9 Å². The normalized spacial score (nSPS) is 24.2. The third-order valence-electron chi connectivity index (χ3n) is 6.04. The molecule has 2 aromatic rings. The first-order chi connectivity index (χ1) is 13.9. The van der Waals surface area contributed by atoms with E-state index in [1.165, 1.54) is 11.1 Å². The van der Waals surface area contributed by atoms with E-state index < -0.39 is 11.2 Å². The van der Waals surface area contributed by atoms with Crippen molar-refractivity contribution < 1.29 is 14.2 Å². The smallest absolute Gasteiger partial charge is 0.110 e. The fourth-order valence-corrected chi connectivity index (χ4v) is 4.12. The molecule has 2 aliphatic heterocycles. The van der Waals surface area contributed by atoms with Gasteiger partial charge in [0.25, 0.3) is 0 Å². The van der Waals surface area contributed by atoms with Gasteiger partial charge in [-0.05, 0) is 36.1 Å². The summed E-state index contributed by atoms with van der Waals surface area (Å²) in [6.07, 6.45) is 5.55. The van der Waals surface area contributed by atoms with E-state index in [4.69, 9.17) is 14.2 Å². The quantitative estimate of drug-likeness (QED) is 0.530. The number of epoxide rings is 2. The minimum Gasteiger partial charge on any atom is -0.370 e. The van der Waals surface area contributed by atoms with Gasteiger partial charge in [0.1, 0.15) is 12.2 Å². The predicted octanol–water partition coefficient (Wildman–Crippen LogP) is 5.09. The van der Waals surface area contributed by atoms with Gasteiger partial charge in [-0.1, -0.05) is 73.8 Å². The van der Waals surface area contributed by atoms with Crippen LogP contribution in [0.3, 0.4) is 0 Å². The lowest BCUT2D eigenvalue weighted by molar-refractivity contribution is -0.159. The standard InChI is InChI=1S/C26H30O3/c1-5-19-7-11-21(12-8-19)15-25(3,23-17-27-23)29-26(4,24-18-28-24)16-22-13-9-20(6-2)10-14-22/h5-14,23-24H,1-2,15-18H2,3-4H3. The molecule has 3 nitrogen and oxygen atoms in total. The van der Waals surface area contributed by atoms with Gasteiger partial charge < -0.3 is 14.2 Å². The molecule has 2 aromatic carbocycles. The monoisotopic (exact) mass is 390 g/mol. The Balaban J connectivity index is 1.54. The fraction of sp³-hybridized carbons (Fsp3) is 0.385. The summed E-state index contributed by atoms with van der Waals surface area (Å²) in [7, 11) is 0. The number of rotatable bonds is 10. The summed E-state index contributed by atoms with van der Waals surface area (Å²) in [5.74, 6) is 0. The summed E-state index contributed by atoms with van der Waals surface area (Å²) in [4.78, 5) is 0. The van der Waals surface area contributed by atoms with Gasteiger partial charge in [-0.25, -0.2) is 0 Å². The second-order valence-electron chi connectivity index (χ2n) is 8.62. The lowest BCUT2D eigenvalue weighted by Crippen LogP contribution is -2.50. The zero-order valence-electron chi connectivity index (χ0n) is 17.4. The van der Waals surface area contributed by atoms with Crippen molar-refractivity contribution in [3.63, 3.8) is 0 Å². The molecule has 152 valence electrons. The van der Waals surface area contributed by atoms with Gasteiger partial charge in [-0.15, -0.1) is 0 Å². The first kappa shape index (κ1) is 20.1. The molecule has 2 fully saturated rings. The number of ether oxygens (including phenoxy) is 3. The second kappa shape index (κ2) is 7.91. The molecule has 0 spiro atoms. The number of hydrogen-bond acceptors (Lipinski definition) is 3. The highest BCUT2D eigenvalue weighted by atomic mass is 16.6. The van der Waals surface area contributed by atoms with Gasteiger partial charge in [-0.3, -0.25) is 0 Å². The van der Waals surface area contributed by atoms with Gasteiger partial charge in [0, 0.05) is 12.8 Å². The van der Waals surface area contributed by atoms with Crippen LogP contribution in [-0.4, -0.2) is 36.6 Å². The summed E-state index contributed by atoms with van der Waals surface area (Å²) in [5.41, 5.74) is 3.91. The van der Waals surface area contributed by atoms with E-state index in [0.29, 0.717) is 0 Å². The third-order valence-corrected chi connectivity index (χ3v) is 6.04. The number of hydrogen-bond donors (Lipinski definition) is 0. The Morgan fingerprint density at radius 1 is 0.793 bits per heavy atom. The zero-order chi connectivity index (χ0) is 20.5. The van der Waals surface area contributed by atoms with Gasteiger partial charge in [0.05, 0.1) is 24.4 Å². The van der Waals surface area contributed by atoms with Crippen molar-refractivity contribution in [1.29, 1.82) is 0 Å². The maximum Gasteiger partial charge on any atom is 0.110 e. The largest absolute Gasteiger partial charge is 0.370 e. The Morgan fingerprint density at radius 2 is 1.14 bits per heavy atom. The maximum absolute atomic E-state index is 6.90. The molecule has 0 radical (unpaired) electrons. The first-order valence-electron chi connectivity index (χ1n) is 10.3. The molecule has 4 atom stereocenters.